The molecule has 3 rings (SSSR count). The van der Waals surface area contributed by atoms with Gasteiger partial charge in [-0.05, 0) is 18.4 Å². The number of rotatable bonds is 6. The Labute approximate surface area is 130 Å². The minimum Gasteiger partial charge on any atom is -0.367 e. The van der Waals surface area contributed by atoms with E-state index in [0.717, 1.165) is 57.2 Å². The molecule has 1 N–H and O–H groups in total. The zero-order valence-corrected chi connectivity index (χ0v) is 13.3. The molecule has 0 spiro atoms. The van der Waals surface area contributed by atoms with Crippen LogP contribution in [0.3, 0.4) is 0 Å². The smallest absolute Gasteiger partial charge is 0.180 e. The quantitative estimate of drug-likeness (QED) is 0.865. The molecule has 1 atom stereocenters. The molecule has 3 heterocycles. The number of aryl methyl sites for hydroxylation is 2. The van der Waals surface area contributed by atoms with E-state index in [9.17, 15) is 0 Å². The van der Waals surface area contributed by atoms with Crippen LogP contribution in [0.4, 0.5) is 0 Å². The Kier molecular flexibility index (Phi) is 4.84. The van der Waals surface area contributed by atoms with Crippen LogP contribution in [0.1, 0.15) is 36.7 Å². The first-order chi connectivity index (χ1) is 10.7. The van der Waals surface area contributed by atoms with Crippen LogP contribution in [0.15, 0.2) is 12.4 Å². The molecule has 1 unspecified atom stereocenters. The third-order valence-electron chi connectivity index (χ3n) is 3.95. The lowest BCUT2D eigenvalue weighted by molar-refractivity contribution is -0.0337. The first-order valence-electron chi connectivity index (χ1n) is 7.97. The summed E-state index contributed by atoms with van der Waals surface area (Å²) in [7, 11) is 1.95. The van der Waals surface area contributed by atoms with Crippen molar-refractivity contribution in [1.82, 2.24) is 29.9 Å². The van der Waals surface area contributed by atoms with Crippen LogP contribution in [0.5, 0.6) is 0 Å². The van der Waals surface area contributed by atoms with Crippen molar-refractivity contribution in [2.24, 2.45) is 7.05 Å². The maximum absolute atomic E-state index is 5.84. The Morgan fingerprint density at radius 3 is 3.09 bits per heavy atom. The van der Waals surface area contributed by atoms with Crippen molar-refractivity contribution in [3.8, 4) is 0 Å². The monoisotopic (exact) mass is 304 g/mol. The van der Waals surface area contributed by atoms with Crippen LogP contribution < -0.4 is 0 Å². The molecule has 2 aromatic heterocycles. The lowest BCUT2D eigenvalue weighted by atomic mass is 10.2. The van der Waals surface area contributed by atoms with Gasteiger partial charge in [0.05, 0.1) is 12.8 Å². The van der Waals surface area contributed by atoms with Crippen molar-refractivity contribution < 1.29 is 4.74 Å². The van der Waals surface area contributed by atoms with Crippen molar-refractivity contribution in [3.63, 3.8) is 0 Å². The van der Waals surface area contributed by atoms with E-state index in [1.807, 2.05) is 17.9 Å². The fourth-order valence-corrected chi connectivity index (χ4v) is 2.75. The minimum atomic E-state index is -0.0236. The Hall–Kier alpha value is -1.73. The van der Waals surface area contributed by atoms with Gasteiger partial charge in [-0.3, -0.25) is 14.7 Å². The highest BCUT2D eigenvalue weighted by atomic mass is 16.5. The summed E-state index contributed by atoms with van der Waals surface area (Å²) < 4.78 is 7.69. The maximum atomic E-state index is 5.84. The van der Waals surface area contributed by atoms with E-state index in [1.54, 1.807) is 0 Å². The molecule has 0 bridgehead atoms. The highest BCUT2D eigenvalue weighted by Crippen LogP contribution is 2.19. The Balaban J connectivity index is 1.54. The fourth-order valence-electron chi connectivity index (χ4n) is 2.75. The Bertz CT molecular complexity index is 592. The first kappa shape index (κ1) is 15.2. The lowest BCUT2D eigenvalue weighted by Crippen LogP contribution is -2.39. The second kappa shape index (κ2) is 7.02. The molecule has 1 saturated heterocycles. The van der Waals surface area contributed by atoms with E-state index < -0.39 is 0 Å². The number of hydrogen-bond donors (Lipinski definition) is 1. The van der Waals surface area contributed by atoms with Crippen LogP contribution in [-0.2, 0) is 24.6 Å². The van der Waals surface area contributed by atoms with Crippen LogP contribution in [-0.4, -0.2) is 56.1 Å². The van der Waals surface area contributed by atoms with E-state index in [4.69, 9.17) is 4.74 Å². The predicted octanol–water partition coefficient (Wildman–Crippen LogP) is 1.11. The van der Waals surface area contributed by atoms with Crippen molar-refractivity contribution in [2.75, 3.05) is 26.2 Å². The molecule has 22 heavy (non-hydrogen) atoms. The molecule has 7 nitrogen and oxygen atoms in total. The fraction of sp³-hybridized carbons (Fsp3) is 0.667. The van der Waals surface area contributed by atoms with Crippen LogP contribution in [0, 0.1) is 0 Å². The Morgan fingerprint density at radius 1 is 1.41 bits per heavy atom. The summed E-state index contributed by atoms with van der Waals surface area (Å²) in [6.07, 6.45) is 7.00. The topological polar surface area (TPSA) is 71.9 Å². The second-order valence-electron chi connectivity index (χ2n) is 5.82. The lowest BCUT2D eigenvalue weighted by Gasteiger charge is -2.31. The van der Waals surface area contributed by atoms with Crippen LogP contribution in [0.2, 0.25) is 0 Å². The number of nitrogens with zero attached hydrogens (tertiary/aromatic N) is 5. The predicted molar refractivity (Wildman–Crippen MR) is 82.4 cm³/mol. The summed E-state index contributed by atoms with van der Waals surface area (Å²) in [5.41, 5.74) is 1.27. The normalized spacial score (nSPS) is 19.6. The molecule has 0 aromatic carbocycles. The standard InChI is InChI=1S/C15H24N6O/c1-3-4-14-17-15(19-18-14)13-11-21(7-8-22-13)6-5-12-9-16-20(2)10-12/h9-10,13H,3-8,11H2,1-2H3,(H,17,18,19). The third-order valence-corrected chi connectivity index (χ3v) is 3.95. The summed E-state index contributed by atoms with van der Waals surface area (Å²) in [5, 5.41) is 11.5. The Morgan fingerprint density at radius 2 is 2.32 bits per heavy atom. The van der Waals surface area contributed by atoms with Gasteiger partial charge in [-0.1, -0.05) is 6.92 Å². The molecule has 0 amide bonds. The SMILES string of the molecule is CCCc1nc(C2CN(CCc3cnn(C)c3)CCO2)n[nH]1. The van der Waals surface area contributed by atoms with Gasteiger partial charge in [0.1, 0.15) is 11.9 Å². The van der Waals surface area contributed by atoms with Crippen molar-refractivity contribution in [3.05, 3.63) is 29.6 Å². The molecular weight excluding hydrogens is 280 g/mol. The van der Waals surface area contributed by atoms with E-state index >= 15 is 0 Å². The average molecular weight is 304 g/mol. The third kappa shape index (κ3) is 3.72. The molecule has 0 aliphatic carbocycles. The van der Waals surface area contributed by atoms with Gasteiger partial charge in [0.2, 0.25) is 0 Å². The molecule has 7 heteroatoms. The number of nitrogens with one attached hydrogen (secondary N) is 1. The summed E-state index contributed by atoms with van der Waals surface area (Å²) in [6, 6.07) is 0. The summed E-state index contributed by atoms with van der Waals surface area (Å²) >= 11 is 0. The zero-order valence-electron chi connectivity index (χ0n) is 13.3. The van der Waals surface area contributed by atoms with Gasteiger partial charge in [-0.2, -0.15) is 10.2 Å². The van der Waals surface area contributed by atoms with Gasteiger partial charge >= 0.3 is 0 Å². The second-order valence-corrected chi connectivity index (χ2v) is 5.82. The molecule has 120 valence electrons. The summed E-state index contributed by atoms with van der Waals surface area (Å²) in [4.78, 5) is 6.96. The van der Waals surface area contributed by atoms with E-state index in [0.29, 0.717) is 0 Å². The molecule has 1 aliphatic rings. The molecule has 0 radical (unpaired) electrons. The van der Waals surface area contributed by atoms with Gasteiger partial charge in [0, 0.05) is 39.3 Å². The number of morpholine rings is 1. The maximum Gasteiger partial charge on any atom is 0.180 e. The summed E-state index contributed by atoms with van der Waals surface area (Å²) in [6.45, 7) is 5.69. The highest BCUT2D eigenvalue weighted by Gasteiger charge is 2.25. The summed E-state index contributed by atoms with van der Waals surface area (Å²) in [5.74, 6) is 1.74. The minimum absolute atomic E-state index is 0.0236. The van der Waals surface area contributed by atoms with Gasteiger partial charge in [0.15, 0.2) is 5.82 Å². The molecule has 0 saturated carbocycles. The van der Waals surface area contributed by atoms with Crippen LogP contribution >= 0.6 is 0 Å². The molecular formula is C15H24N6O. The number of aromatic amines is 1. The van der Waals surface area contributed by atoms with Gasteiger partial charge in [-0.25, -0.2) is 4.98 Å². The van der Waals surface area contributed by atoms with Crippen molar-refractivity contribution in [2.45, 2.75) is 32.3 Å². The number of H-pyrrole nitrogens is 1. The number of hydrogen-bond acceptors (Lipinski definition) is 5. The zero-order chi connectivity index (χ0) is 15.4. The van der Waals surface area contributed by atoms with Crippen molar-refractivity contribution in [1.29, 1.82) is 0 Å². The average Bonchev–Trinajstić information content (AvgIpc) is 3.15. The largest absolute Gasteiger partial charge is 0.367 e. The van der Waals surface area contributed by atoms with E-state index in [2.05, 4.69) is 38.3 Å². The van der Waals surface area contributed by atoms with Gasteiger partial charge < -0.3 is 4.74 Å². The first-order valence-corrected chi connectivity index (χ1v) is 7.97. The molecule has 1 aliphatic heterocycles. The van der Waals surface area contributed by atoms with E-state index in [1.165, 1.54) is 5.56 Å². The number of aromatic nitrogens is 5. The molecule has 1 fully saturated rings. The van der Waals surface area contributed by atoms with E-state index in [-0.39, 0.29) is 6.10 Å². The van der Waals surface area contributed by atoms with Crippen LogP contribution in [0.25, 0.3) is 0 Å². The van der Waals surface area contributed by atoms with Crippen molar-refractivity contribution >= 4 is 0 Å². The van der Waals surface area contributed by atoms with Gasteiger partial charge in [-0.15, -0.1) is 0 Å². The molecule has 2 aromatic rings. The highest BCUT2D eigenvalue weighted by molar-refractivity contribution is 5.04. The van der Waals surface area contributed by atoms with Gasteiger partial charge in [0.25, 0.3) is 0 Å². The number of ether oxygens (including phenoxy) is 1.